The number of amides is 1. The Morgan fingerprint density at radius 3 is 2.43 bits per heavy atom. The number of hydrogen-bond donors (Lipinski definition) is 2. The molecular formula is C8H13N3O3. The van der Waals surface area contributed by atoms with Crippen molar-refractivity contribution in [2.24, 2.45) is 10.2 Å². The zero-order chi connectivity index (χ0) is 10.8. The second-order valence-electron chi connectivity index (χ2n) is 3.55. The summed E-state index contributed by atoms with van der Waals surface area (Å²) in [5, 5.41) is 18.6. The van der Waals surface area contributed by atoms with Gasteiger partial charge < -0.3 is 10.4 Å². The van der Waals surface area contributed by atoms with Gasteiger partial charge in [-0.15, -0.1) is 0 Å². The smallest absolute Gasteiger partial charge is 0.326 e. The van der Waals surface area contributed by atoms with Gasteiger partial charge in [0.05, 0.1) is 0 Å². The Labute approximate surface area is 81.4 Å². The highest BCUT2D eigenvalue weighted by Gasteiger charge is 2.35. The highest BCUT2D eigenvalue weighted by Crippen LogP contribution is 2.32. The van der Waals surface area contributed by atoms with Gasteiger partial charge in [-0.05, 0) is 19.8 Å². The first-order valence-corrected chi connectivity index (χ1v) is 4.37. The van der Waals surface area contributed by atoms with Crippen LogP contribution in [0.2, 0.25) is 0 Å². The first-order valence-electron chi connectivity index (χ1n) is 4.37. The van der Waals surface area contributed by atoms with Crippen LogP contribution in [0.5, 0.6) is 0 Å². The molecule has 1 atom stereocenters. The Balaban J connectivity index is 2.35. The fourth-order valence-corrected chi connectivity index (χ4v) is 1.11. The van der Waals surface area contributed by atoms with Gasteiger partial charge in [0.1, 0.15) is 6.04 Å². The first kappa shape index (κ1) is 10.6. The average Bonchev–Trinajstić information content (AvgIpc) is 2.77. The van der Waals surface area contributed by atoms with Gasteiger partial charge in [0.2, 0.25) is 5.91 Å². The lowest BCUT2D eigenvalue weighted by atomic mass is 10.1. The van der Waals surface area contributed by atoms with Crippen LogP contribution in [0.4, 0.5) is 0 Å². The van der Waals surface area contributed by atoms with Gasteiger partial charge in [0.25, 0.3) is 0 Å². The molecule has 6 heteroatoms. The zero-order valence-corrected chi connectivity index (χ0v) is 8.15. The molecular weight excluding hydrogens is 186 g/mol. The summed E-state index contributed by atoms with van der Waals surface area (Å²) in [6, 6.07) is -0.838. The van der Waals surface area contributed by atoms with Gasteiger partial charge in [-0.1, -0.05) is 0 Å². The molecule has 1 aliphatic rings. The first-order chi connectivity index (χ1) is 6.43. The lowest BCUT2D eigenvalue weighted by Gasteiger charge is -2.13. The van der Waals surface area contributed by atoms with Crippen molar-refractivity contribution in [2.75, 3.05) is 0 Å². The van der Waals surface area contributed by atoms with Crippen molar-refractivity contribution in [1.29, 1.82) is 0 Å². The molecule has 6 nitrogen and oxygen atoms in total. The third-order valence-electron chi connectivity index (χ3n) is 2.02. The maximum Gasteiger partial charge on any atom is 0.326 e. The van der Waals surface area contributed by atoms with E-state index in [9.17, 15) is 9.59 Å². The van der Waals surface area contributed by atoms with Crippen molar-refractivity contribution < 1.29 is 14.7 Å². The van der Waals surface area contributed by atoms with Crippen molar-refractivity contribution in [3.8, 4) is 0 Å². The molecule has 0 aliphatic carbocycles. The highest BCUT2D eigenvalue weighted by molar-refractivity contribution is 5.81. The second kappa shape index (κ2) is 3.73. The van der Waals surface area contributed by atoms with Crippen LogP contribution in [0.1, 0.15) is 26.7 Å². The van der Waals surface area contributed by atoms with Gasteiger partial charge in [-0.25, -0.2) is 4.79 Å². The fourth-order valence-electron chi connectivity index (χ4n) is 1.11. The van der Waals surface area contributed by atoms with Crippen LogP contribution in [-0.2, 0) is 9.59 Å². The van der Waals surface area contributed by atoms with E-state index in [-0.39, 0.29) is 5.91 Å². The minimum atomic E-state index is -1.02. The molecule has 0 aromatic carbocycles. The maximum absolute atomic E-state index is 10.7. The van der Waals surface area contributed by atoms with E-state index in [4.69, 9.17) is 5.11 Å². The van der Waals surface area contributed by atoms with E-state index in [0.29, 0.717) is 12.8 Å². The number of carboxylic acid groups (broad SMARTS) is 1. The van der Waals surface area contributed by atoms with E-state index in [0.717, 1.165) is 0 Å². The Kier molecular flexibility index (Phi) is 2.83. The summed E-state index contributed by atoms with van der Waals surface area (Å²) in [6.07, 6.45) is 0.892. The van der Waals surface area contributed by atoms with Crippen LogP contribution < -0.4 is 5.32 Å². The number of aliphatic carboxylic acids is 1. The largest absolute Gasteiger partial charge is 0.480 e. The van der Waals surface area contributed by atoms with Crippen LogP contribution >= 0.6 is 0 Å². The summed E-state index contributed by atoms with van der Waals surface area (Å²) in [5.41, 5.74) is -0.411. The molecule has 2 N–H and O–H groups in total. The summed E-state index contributed by atoms with van der Waals surface area (Å²) in [6.45, 7) is 3.11. The number of carboxylic acids is 1. The van der Waals surface area contributed by atoms with E-state index >= 15 is 0 Å². The molecule has 14 heavy (non-hydrogen) atoms. The summed E-state index contributed by atoms with van der Waals surface area (Å²) >= 11 is 0. The Hall–Kier alpha value is -1.46. The minimum Gasteiger partial charge on any atom is -0.480 e. The molecule has 78 valence electrons. The molecule has 0 aromatic heterocycles. The molecule has 0 aromatic rings. The van der Waals surface area contributed by atoms with E-state index in [1.54, 1.807) is 0 Å². The van der Waals surface area contributed by atoms with E-state index < -0.39 is 17.7 Å². The van der Waals surface area contributed by atoms with Crippen LogP contribution in [0.25, 0.3) is 0 Å². The monoisotopic (exact) mass is 199 g/mol. The normalized spacial score (nSPS) is 18.7. The SMILES string of the molecule is CC(=O)N[C@H](CCC1(C)N=N1)C(=O)O. The van der Waals surface area contributed by atoms with Crippen LogP contribution in [-0.4, -0.2) is 28.7 Å². The van der Waals surface area contributed by atoms with Crippen LogP contribution in [0.3, 0.4) is 0 Å². The molecule has 0 bridgehead atoms. The van der Waals surface area contributed by atoms with Gasteiger partial charge in [-0.3, -0.25) is 4.79 Å². The number of hydrogen-bond acceptors (Lipinski definition) is 4. The Morgan fingerprint density at radius 1 is 1.50 bits per heavy atom. The van der Waals surface area contributed by atoms with Gasteiger partial charge >= 0.3 is 5.97 Å². The van der Waals surface area contributed by atoms with Crippen molar-refractivity contribution >= 4 is 11.9 Å². The molecule has 1 heterocycles. The predicted octanol–water partition coefficient (Wildman–Crippen LogP) is 0.538. The maximum atomic E-state index is 10.7. The molecule has 0 unspecified atom stereocenters. The second-order valence-corrected chi connectivity index (χ2v) is 3.55. The summed E-state index contributed by atoms with van der Waals surface area (Å²) < 4.78 is 0. The van der Waals surface area contributed by atoms with Crippen LogP contribution in [0.15, 0.2) is 10.2 Å². The van der Waals surface area contributed by atoms with Crippen molar-refractivity contribution in [3.05, 3.63) is 0 Å². The van der Waals surface area contributed by atoms with E-state index in [1.807, 2.05) is 6.92 Å². The summed E-state index contributed by atoms with van der Waals surface area (Å²) in [7, 11) is 0. The van der Waals surface area contributed by atoms with Gasteiger partial charge in [0.15, 0.2) is 5.66 Å². The van der Waals surface area contributed by atoms with Crippen molar-refractivity contribution in [2.45, 2.75) is 38.4 Å². The minimum absolute atomic E-state index is 0.341. The third-order valence-corrected chi connectivity index (χ3v) is 2.02. The van der Waals surface area contributed by atoms with E-state index in [1.165, 1.54) is 6.92 Å². The fraction of sp³-hybridized carbons (Fsp3) is 0.750. The molecule has 1 rings (SSSR count). The van der Waals surface area contributed by atoms with Gasteiger partial charge in [-0.2, -0.15) is 10.2 Å². The molecule has 0 saturated heterocycles. The number of rotatable bonds is 5. The standard InChI is InChI=1S/C8H13N3O3/c1-5(12)9-6(7(13)14)3-4-8(2)10-11-8/h6H,3-4H2,1-2H3,(H,9,12)(H,13,14)/t6-/m1/s1. The number of nitrogens with one attached hydrogen (secondary N) is 1. The molecule has 0 saturated carbocycles. The number of carbonyl (C=O) groups excluding carboxylic acids is 1. The van der Waals surface area contributed by atoms with Crippen molar-refractivity contribution in [1.82, 2.24) is 5.32 Å². The molecule has 0 fully saturated rings. The van der Waals surface area contributed by atoms with E-state index in [2.05, 4.69) is 15.5 Å². The molecule has 0 spiro atoms. The number of nitrogens with zero attached hydrogens (tertiary/aromatic N) is 2. The number of carbonyl (C=O) groups is 2. The quantitative estimate of drug-likeness (QED) is 0.676. The molecule has 0 radical (unpaired) electrons. The molecule has 1 aliphatic heterocycles. The average molecular weight is 199 g/mol. The topological polar surface area (TPSA) is 91.1 Å². The lowest BCUT2D eigenvalue weighted by Crippen LogP contribution is -2.40. The summed E-state index contributed by atoms with van der Waals surface area (Å²) in [4.78, 5) is 21.4. The molecule has 1 amide bonds. The van der Waals surface area contributed by atoms with Crippen LogP contribution in [0, 0.1) is 0 Å². The summed E-state index contributed by atoms with van der Waals surface area (Å²) in [5.74, 6) is -1.36. The third kappa shape index (κ3) is 3.12. The lowest BCUT2D eigenvalue weighted by molar-refractivity contribution is -0.141. The van der Waals surface area contributed by atoms with Gasteiger partial charge in [0, 0.05) is 6.92 Å². The zero-order valence-electron chi connectivity index (χ0n) is 8.15. The van der Waals surface area contributed by atoms with Crippen molar-refractivity contribution in [3.63, 3.8) is 0 Å². The highest BCUT2D eigenvalue weighted by atomic mass is 16.4. The Morgan fingerprint density at radius 2 is 2.07 bits per heavy atom. The Bertz CT molecular complexity index is 282. The predicted molar refractivity (Wildman–Crippen MR) is 47.7 cm³/mol.